The highest BCUT2D eigenvalue weighted by Gasteiger charge is 2.17. The molecule has 0 atom stereocenters. The van der Waals surface area contributed by atoms with E-state index in [1.54, 1.807) is 60.7 Å². The van der Waals surface area contributed by atoms with Gasteiger partial charge in [-0.2, -0.15) is 5.10 Å². The Morgan fingerprint density at radius 3 is 2.67 bits per heavy atom. The second-order valence-electron chi connectivity index (χ2n) is 6.24. The number of hydrogen-bond acceptors (Lipinski definition) is 6. The summed E-state index contributed by atoms with van der Waals surface area (Å²) < 4.78 is 16.7. The van der Waals surface area contributed by atoms with Crippen molar-refractivity contribution < 1.29 is 23.8 Å². The van der Waals surface area contributed by atoms with Crippen molar-refractivity contribution in [3.8, 4) is 17.2 Å². The van der Waals surface area contributed by atoms with E-state index in [1.807, 2.05) is 6.07 Å². The van der Waals surface area contributed by atoms with Crippen molar-refractivity contribution in [1.82, 2.24) is 5.43 Å². The standard InChI is InChI=1S/C22H15BrN2O5/c23-17-5-2-4-15(10-17)21(26)25-24-12-14-3-1-6-18(9-14)30-22(27)16-7-8-19-20(11-16)29-13-28-19/h1-12H,13H2,(H,25,26). The summed E-state index contributed by atoms with van der Waals surface area (Å²) >= 11 is 3.32. The number of carbonyl (C=O) groups excluding carboxylic acids is 2. The number of nitrogens with one attached hydrogen (secondary N) is 1. The number of fused-ring (bicyclic) bond motifs is 1. The molecule has 0 bridgehead atoms. The molecule has 3 aromatic carbocycles. The van der Waals surface area contributed by atoms with Crippen molar-refractivity contribution in [3.05, 3.63) is 87.9 Å². The van der Waals surface area contributed by atoms with E-state index in [0.717, 1.165) is 4.47 Å². The predicted molar refractivity (Wildman–Crippen MR) is 113 cm³/mol. The smallest absolute Gasteiger partial charge is 0.343 e. The summed E-state index contributed by atoms with van der Waals surface area (Å²) in [5, 5.41) is 3.95. The summed E-state index contributed by atoms with van der Waals surface area (Å²) in [5.74, 6) is 0.587. The molecule has 0 saturated carbocycles. The van der Waals surface area contributed by atoms with E-state index in [0.29, 0.717) is 33.9 Å². The minimum Gasteiger partial charge on any atom is -0.454 e. The SMILES string of the molecule is O=C(NN=Cc1cccc(OC(=O)c2ccc3c(c2)OCO3)c1)c1cccc(Br)c1. The van der Waals surface area contributed by atoms with Gasteiger partial charge < -0.3 is 14.2 Å². The zero-order valence-corrected chi connectivity index (χ0v) is 17.1. The fourth-order valence-corrected chi connectivity index (χ4v) is 3.11. The summed E-state index contributed by atoms with van der Waals surface area (Å²) in [4.78, 5) is 24.5. The molecule has 1 amide bonds. The highest BCUT2D eigenvalue weighted by atomic mass is 79.9. The summed E-state index contributed by atoms with van der Waals surface area (Å²) in [5.41, 5.74) is 3.94. The molecule has 0 radical (unpaired) electrons. The number of hydrazone groups is 1. The predicted octanol–water partition coefficient (Wildman–Crippen LogP) is 4.16. The van der Waals surface area contributed by atoms with Gasteiger partial charge >= 0.3 is 5.97 Å². The Bertz CT molecular complexity index is 1150. The third kappa shape index (κ3) is 4.66. The third-order valence-corrected chi connectivity index (χ3v) is 4.64. The van der Waals surface area contributed by atoms with Gasteiger partial charge in [0.05, 0.1) is 11.8 Å². The molecule has 0 spiro atoms. The second-order valence-corrected chi connectivity index (χ2v) is 7.16. The molecular formula is C22H15BrN2O5. The Kier molecular flexibility index (Phi) is 5.76. The first-order valence-electron chi connectivity index (χ1n) is 8.89. The zero-order chi connectivity index (χ0) is 20.9. The van der Waals surface area contributed by atoms with Crippen LogP contribution in [0, 0.1) is 0 Å². The summed E-state index contributed by atoms with van der Waals surface area (Å²) in [7, 11) is 0. The maximum absolute atomic E-state index is 12.4. The first-order valence-corrected chi connectivity index (χ1v) is 9.69. The van der Waals surface area contributed by atoms with Crippen LogP contribution in [-0.4, -0.2) is 24.9 Å². The molecule has 0 aliphatic carbocycles. The van der Waals surface area contributed by atoms with Crippen molar-refractivity contribution in [3.63, 3.8) is 0 Å². The van der Waals surface area contributed by atoms with E-state index in [2.05, 4.69) is 26.5 Å². The molecule has 1 heterocycles. The van der Waals surface area contributed by atoms with Crippen LogP contribution in [0.3, 0.4) is 0 Å². The highest BCUT2D eigenvalue weighted by molar-refractivity contribution is 9.10. The zero-order valence-electron chi connectivity index (χ0n) is 15.5. The Hall–Kier alpha value is -3.65. The maximum Gasteiger partial charge on any atom is 0.343 e. The average Bonchev–Trinajstić information content (AvgIpc) is 3.22. The number of rotatable bonds is 5. The van der Waals surface area contributed by atoms with Gasteiger partial charge in [-0.05, 0) is 54.1 Å². The van der Waals surface area contributed by atoms with Gasteiger partial charge in [-0.15, -0.1) is 0 Å². The molecule has 7 nitrogen and oxygen atoms in total. The molecule has 1 aliphatic rings. The van der Waals surface area contributed by atoms with Crippen molar-refractivity contribution in [2.45, 2.75) is 0 Å². The minimum absolute atomic E-state index is 0.132. The lowest BCUT2D eigenvalue weighted by Gasteiger charge is -2.06. The number of nitrogens with zero attached hydrogens (tertiary/aromatic N) is 1. The van der Waals surface area contributed by atoms with Crippen LogP contribution in [-0.2, 0) is 0 Å². The number of benzene rings is 3. The molecule has 3 aromatic rings. The molecule has 0 unspecified atom stereocenters. The Morgan fingerprint density at radius 1 is 0.967 bits per heavy atom. The van der Waals surface area contributed by atoms with Crippen molar-refractivity contribution in [2.24, 2.45) is 5.10 Å². The molecule has 0 fully saturated rings. The number of halogens is 1. The van der Waals surface area contributed by atoms with Crippen LogP contribution in [0.1, 0.15) is 26.3 Å². The van der Waals surface area contributed by atoms with Crippen LogP contribution in [0.15, 0.2) is 76.3 Å². The van der Waals surface area contributed by atoms with E-state index < -0.39 is 5.97 Å². The van der Waals surface area contributed by atoms with Crippen molar-refractivity contribution >= 4 is 34.0 Å². The lowest BCUT2D eigenvalue weighted by molar-refractivity contribution is 0.0734. The van der Waals surface area contributed by atoms with E-state index >= 15 is 0 Å². The maximum atomic E-state index is 12.4. The summed E-state index contributed by atoms with van der Waals surface area (Å²) in [6.45, 7) is 0.132. The molecule has 1 aliphatic heterocycles. The molecule has 1 N–H and O–H groups in total. The van der Waals surface area contributed by atoms with Crippen LogP contribution in [0.4, 0.5) is 0 Å². The lowest BCUT2D eigenvalue weighted by Crippen LogP contribution is -2.17. The third-order valence-electron chi connectivity index (χ3n) is 4.14. The summed E-state index contributed by atoms with van der Waals surface area (Å²) in [6.07, 6.45) is 1.47. The molecular weight excluding hydrogens is 452 g/mol. The molecule has 150 valence electrons. The number of ether oxygens (including phenoxy) is 3. The van der Waals surface area contributed by atoms with Gasteiger partial charge in [0.2, 0.25) is 6.79 Å². The number of carbonyl (C=O) groups is 2. The first-order chi connectivity index (χ1) is 14.6. The quantitative estimate of drug-likeness (QED) is 0.264. The topological polar surface area (TPSA) is 86.2 Å². The highest BCUT2D eigenvalue weighted by Crippen LogP contribution is 2.32. The molecule has 8 heteroatoms. The Labute approximate surface area is 180 Å². The van der Waals surface area contributed by atoms with Gasteiger partial charge in [-0.25, -0.2) is 10.2 Å². The fourth-order valence-electron chi connectivity index (χ4n) is 2.71. The second kappa shape index (κ2) is 8.79. The van der Waals surface area contributed by atoms with Crippen LogP contribution >= 0.6 is 15.9 Å². The Balaban J connectivity index is 1.39. The van der Waals surface area contributed by atoms with Crippen LogP contribution in [0.25, 0.3) is 0 Å². The molecule has 4 rings (SSSR count). The first kappa shape index (κ1) is 19.7. The van der Waals surface area contributed by atoms with Crippen LogP contribution in [0.5, 0.6) is 17.2 Å². The van der Waals surface area contributed by atoms with E-state index in [-0.39, 0.29) is 12.7 Å². The lowest BCUT2D eigenvalue weighted by atomic mass is 10.2. The van der Waals surface area contributed by atoms with Gasteiger partial charge in [-0.3, -0.25) is 4.79 Å². The minimum atomic E-state index is -0.523. The average molecular weight is 467 g/mol. The largest absolute Gasteiger partial charge is 0.454 e. The number of esters is 1. The van der Waals surface area contributed by atoms with Gasteiger partial charge in [0.25, 0.3) is 5.91 Å². The summed E-state index contributed by atoms with van der Waals surface area (Å²) in [6, 6.07) is 18.6. The van der Waals surface area contributed by atoms with Crippen LogP contribution < -0.4 is 19.6 Å². The van der Waals surface area contributed by atoms with E-state index in [9.17, 15) is 9.59 Å². The normalized spacial score (nSPS) is 12.0. The molecule has 0 aromatic heterocycles. The van der Waals surface area contributed by atoms with E-state index in [4.69, 9.17) is 14.2 Å². The molecule has 0 saturated heterocycles. The van der Waals surface area contributed by atoms with Crippen molar-refractivity contribution in [1.29, 1.82) is 0 Å². The van der Waals surface area contributed by atoms with Crippen molar-refractivity contribution in [2.75, 3.05) is 6.79 Å². The van der Waals surface area contributed by atoms with Gasteiger partial charge in [0.15, 0.2) is 11.5 Å². The monoisotopic (exact) mass is 466 g/mol. The van der Waals surface area contributed by atoms with E-state index in [1.165, 1.54) is 6.21 Å². The van der Waals surface area contributed by atoms with Gasteiger partial charge in [0.1, 0.15) is 5.75 Å². The fraction of sp³-hybridized carbons (Fsp3) is 0.0455. The Morgan fingerprint density at radius 2 is 1.80 bits per heavy atom. The van der Waals surface area contributed by atoms with Crippen LogP contribution in [0.2, 0.25) is 0 Å². The number of hydrogen-bond donors (Lipinski definition) is 1. The number of amides is 1. The van der Waals surface area contributed by atoms with Gasteiger partial charge in [-0.1, -0.05) is 34.1 Å². The van der Waals surface area contributed by atoms with Gasteiger partial charge in [0, 0.05) is 10.0 Å². The molecule has 30 heavy (non-hydrogen) atoms.